The number of carboxylic acids is 1. The van der Waals surface area contributed by atoms with Gasteiger partial charge in [0.15, 0.2) is 0 Å². The quantitative estimate of drug-likeness (QED) is 0.679. The van der Waals surface area contributed by atoms with Crippen molar-refractivity contribution in [2.75, 3.05) is 0 Å². The van der Waals surface area contributed by atoms with Crippen molar-refractivity contribution in [2.45, 2.75) is 33.6 Å². The second-order valence-electron chi connectivity index (χ2n) is 4.03. The molecule has 1 rings (SSSR count). The first-order valence-corrected chi connectivity index (χ1v) is 4.24. The number of aliphatic carboxylic acids is 1. The van der Waals surface area contributed by atoms with Gasteiger partial charge in [0.1, 0.15) is 0 Å². The first kappa shape index (κ1) is 8.57. The summed E-state index contributed by atoms with van der Waals surface area (Å²) in [6.07, 6.45) is 2.15. The third-order valence-corrected chi connectivity index (χ3v) is 2.92. The summed E-state index contributed by atoms with van der Waals surface area (Å²) >= 11 is 0. The fraction of sp³-hybridized carbons (Fsp3) is 0.889. The number of hydrogen-bond acceptors (Lipinski definition) is 1. The van der Waals surface area contributed by atoms with Gasteiger partial charge < -0.3 is 5.11 Å². The highest BCUT2D eigenvalue weighted by Gasteiger charge is 2.60. The van der Waals surface area contributed by atoms with Gasteiger partial charge in [-0.1, -0.05) is 27.2 Å². The minimum Gasteiger partial charge on any atom is -0.481 e. The summed E-state index contributed by atoms with van der Waals surface area (Å²) in [6, 6.07) is 0. The van der Waals surface area contributed by atoms with Crippen LogP contribution in [0.2, 0.25) is 0 Å². The Hall–Kier alpha value is -0.530. The summed E-state index contributed by atoms with van der Waals surface area (Å²) in [4.78, 5) is 10.7. The molecule has 1 saturated carbocycles. The van der Waals surface area contributed by atoms with Gasteiger partial charge in [0.05, 0.1) is 5.92 Å². The summed E-state index contributed by atoms with van der Waals surface area (Å²) in [5.41, 5.74) is 0.0574. The molecule has 0 aromatic carbocycles. The van der Waals surface area contributed by atoms with Crippen LogP contribution < -0.4 is 0 Å². The van der Waals surface area contributed by atoms with E-state index in [-0.39, 0.29) is 11.3 Å². The Morgan fingerprint density at radius 3 is 2.36 bits per heavy atom. The highest BCUT2D eigenvalue weighted by Crippen LogP contribution is 2.60. The summed E-state index contributed by atoms with van der Waals surface area (Å²) in [6.45, 7) is 6.20. The second kappa shape index (κ2) is 2.50. The highest BCUT2D eigenvalue weighted by molar-refractivity contribution is 5.75. The SMILES string of the molecule is CCC[C@H]1C(C(=O)O)C1(C)C. The van der Waals surface area contributed by atoms with Crippen LogP contribution in [0.25, 0.3) is 0 Å². The minimum absolute atomic E-state index is 0.0574. The first-order chi connectivity index (χ1) is 5.01. The number of carbonyl (C=O) groups is 1. The predicted molar refractivity (Wildman–Crippen MR) is 43.3 cm³/mol. The maximum absolute atomic E-state index is 10.7. The van der Waals surface area contributed by atoms with E-state index in [1.807, 2.05) is 13.8 Å². The van der Waals surface area contributed by atoms with Crippen molar-refractivity contribution in [3.63, 3.8) is 0 Å². The average molecular weight is 156 g/mol. The van der Waals surface area contributed by atoms with Crippen molar-refractivity contribution in [3.05, 3.63) is 0 Å². The Labute approximate surface area is 67.6 Å². The van der Waals surface area contributed by atoms with E-state index in [9.17, 15) is 4.79 Å². The van der Waals surface area contributed by atoms with Gasteiger partial charge in [0.25, 0.3) is 0 Å². The van der Waals surface area contributed by atoms with Crippen LogP contribution in [0.4, 0.5) is 0 Å². The lowest BCUT2D eigenvalue weighted by Crippen LogP contribution is -2.03. The van der Waals surface area contributed by atoms with Gasteiger partial charge in [-0.3, -0.25) is 4.79 Å². The van der Waals surface area contributed by atoms with Gasteiger partial charge in [-0.25, -0.2) is 0 Å². The van der Waals surface area contributed by atoms with Crippen LogP contribution in [0.15, 0.2) is 0 Å². The third-order valence-electron chi connectivity index (χ3n) is 2.92. The molecule has 0 bridgehead atoms. The van der Waals surface area contributed by atoms with Gasteiger partial charge in [-0.05, 0) is 17.8 Å². The number of rotatable bonds is 3. The lowest BCUT2D eigenvalue weighted by atomic mass is 10.1. The minimum atomic E-state index is -0.617. The lowest BCUT2D eigenvalue weighted by molar-refractivity contribution is -0.139. The third kappa shape index (κ3) is 1.26. The molecule has 1 aliphatic rings. The van der Waals surface area contributed by atoms with Gasteiger partial charge in [0, 0.05) is 0 Å². The summed E-state index contributed by atoms with van der Waals surface area (Å²) in [5, 5.41) is 8.79. The largest absolute Gasteiger partial charge is 0.481 e. The van der Waals surface area contributed by atoms with Crippen molar-refractivity contribution in [2.24, 2.45) is 17.3 Å². The van der Waals surface area contributed by atoms with E-state index in [2.05, 4.69) is 6.92 Å². The normalized spacial score (nSPS) is 33.4. The Bertz CT molecular complexity index is 172. The van der Waals surface area contributed by atoms with Crippen LogP contribution >= 0.6 is 0 Å². The Morgan fingerprint density at radius 2 is 2.09 bits per heavy atom. The molecule has 2 heteroatoms. The molecule has 0 spiro atoms. The molecule has 2 atom stereocenters. The first-order valence-electron chi connectivity index (χ1n) is 4.24. The zero-order valence-corrected chi connectivity index (χ0v) is 7.42. The smallest absolute Gasteiger partial charge is 0.307 e. The fourth-order valence-electron chi connectivity index (χ4n) is 2.08. The Kier molecular flexibility index (Phi) is 1.95. The molecule has 0 radical (unpaired) electrons. The van der Waals surface area contributed by atoms with Gasteiger partial charge in [-0.15, -0.1) is 0 Å². The molecule has 0 aromatic heterocycles. The molecule has 2 nitrogen and oxygen atoms in total. The van der Waals surface area contributed by atoms with Crippen molar-refractivity contribution < 1.29 is 9.90 Å². The fourth-order valence-corrected chi connectivity index (χ4v) is 2.08. The molecule has 1 fully saturated rings. The molecule has 0 aliphatic heterocycles. The van der Waals surface area contributed by atoms with Crippen molar-refractivity contribution in [1.82, 2.24) is 0 Å². The van der Waals surface area contributed by atoms with Crippen LogP contribution in [-0.2, 0) is 4.79 Å². The van der Waals surface area contributed by atoms with Crippen molar-refractivity contribution in [3.8, 4) is 0 Å². The maximum Gasteiger partial charge on any atom is 0.307 e. The molecule has 1 aliphatic carbocycles. The van der Waals surface area contributed by atoms with E-state index in [1.54, 1.807) is 0 Å². The molecule has 0 aromatic rings. The summed E-state index contributed by atoms with van der Waals surface area (Å²) in [5.74, 6) is -0.277. The Morgan fingerprint density at radius 1 is 1.55 bits per heavy atom. The zero-order valence-electron chi connectivity index (χ0n) is 7.42. The summed E-state index contributed by atoms with van der Waals surface area (Å²) < 4.78 is 0. The lowest BCUT2D eigenvalue weighted by Gasteiger charge is -1.98. The highest BCUT2D eigenvalue weighted by atomic mass is 16.4. The van der Waals surface area contributed by atoms with Crippen LogP contribution in [-0.4, -0.2) is 11.1 Å². The van der Waals surface area contributed by atoms with Crippen molar-refractivity contribution in [1.29, 1.82) is 0 Å². The Balaban J connectivity index is 2.53. The molecule has 0 saturated heterocycles. The van der Waals surface area contributed by atoms with Crippen LogP contribution in [0.3, 0.4) is 0 Å². The molecular weight excluding hydrogens is 140 g/mol. The molecular formula is C9H16O2. The zero-order chi connectivity index (χ0) is 8.65. The van der Waals surface area contributed by atoms with Crippen molar-refractivity contribution >= 4 is 5.97 Å². The van der Waals surface area contributed by atoms with Gasteiger partial charge in [0.2, 0.25) is 0 Å². The molecule has 11 heavy (non-hydrogen) atoms. The van der Waals surface area contributed by atoms with E-state index in [0.29, 0.717) is 5.92 Å². The molecule has 1 N–H and O–H groups in total. The maximum atomic E-state index is 10.7. The monoisotopic (exact) mass is 156 g/mol. The van der Waals surface area contributed by atoms with Gasteiger partial charge in [-0.2, -0.15) is 0 Å². The molecule has 64 valence electrons. The van der Waals surface area contributed by atoms with E-state index >= 15 is 0 Å². The number of carboxylic acid groups (broad SMARTS) is 1. The van der Waals surface area contributed by atoms with Crippen LogP contribution in [0.1, 0.15) is 33.6 Å². The van der Waals surface area contributed by atoms with Gasteiger partial charge >= 0.3 is 5.97 Å². The van der Waals surface area contributed by atoms with E-state index in [1.165, 1.54) is 0 Å². The van der Waals surface area contributed by atoms with E-state index in [4.69, 9.17) is 5.11 Å². The topological polar surface area (TPSA) is 37.3 Å². The van der Waals surface area contributed by atoms with Crippen LogP contribution in [0.5, 0.6) is 0 Å². The molecule has 0 amide bonds. The second-order valence-corrected chi connectivity index (χ2v) is 4.03. The number of hydrogen-bond donors (Lipinski definition) is 1. The molecule has 1 unspecified atom stereocenters. The standard InChI is InChI=1S/C9H16O2/c1-4-5-6-7(8(10)11)9(6,2)3/h6-7H,4-5H2,1-3H3,(H,10,11)/t6-,7?/m0/s1. The van der Waals surface area contributed by atoms with E-state index < -0.39 is 5.97 Å². The predicted octanol–water partition coefficient (Wildman–Crippen LogP) is 2.14. The summed E-state index contributed by atoms with van der Waals surface area (Å²) in [7, 11) is 0. The molecule has 0 heterocycles. The van der Waals surface area contributed by atoms with E-state index in [0.717, 1.165) is 12.8 Å². The van der Waals surface area contributed by atoms with Crippen LogP contribution in [0, 0.1) is 17.3 Å². The average Bonchev–Trinajstić information content (AvgIpc) is 2.35.